The van der Waals surface area contributed by atoms with E-state index in [1.807, 2.05) is 48.3 Å². The number of pyridine rings is 2. The van der Waals surface area contributed by atoms with Crippen LogP contribution in [-0.2, 0) is 6.54 Å². The number of anilines is 1. The van der Waals surface area contributed by atoms with Gasteiger partial charge < -0.3 is 9.80 Å². The monoisotopic (exact) mass is 339 g/mol. The Kier molecular flexibility index (Phi) is 5.28. The molecule has 1 amide bonds. The van der Waals surface area contributed by atoms with Crippen LogP contribution in [0.25, 0.3) is 0 Å². The minimum atomic E-state index is 0.0113. The predicted octanol–water partition coefficient (Wildman–Crippen LogP) is 1.89. The standard InChI is InChI=1S/C19H25N5O/c1-15-13-23(14-16-5-4-7-20-12-16)9-10-24(15)19(25)18-11-17(22(2)3)6-8-21-18/h4-8,11-12,15H,9-10,13-14H2,1-3H3/t15-/m0/s1. The van der Waals surface area contributed by atoms with Crippen molar-refractivity contribution in [1.82, 2.24) is 19.8 Å². The van der Waals surface area contributed by atoms with Crippen molar-refractivity contribution in [3.05, 3.63) is 54.1 Å². The van der Waals surface area contributed by atoms with Crippen LogP contribution in [0.5, 0.6) is 0 Å². The number of carbonyl (C=O) groups excluding carboxylic acids is 1. The summed E-state index contributed by atoms with van der Waals surface area (Å²) in [7, 11) is 3.92. The average Bonchev–Trinajstić information content (AvgIpc) is 2.62. The zero-order valence-corrected chi connectivity index (χ0v) is 15.1. The summed E-state index contributed by atoms with van der Waals surface area (Å²) in [5.41, 5.74) is 2.70. The number of aromatic nitrogens is 2. The molecule has 2 aromatic rings. The Bertz CT molecular complexity index is 719. The lowest BCUT2D eigenvalue weighted by Gasteiger charge is -2.39. The summed E-state index contributed by atoms with van der Waals surface area (Å²) in [4.78, 5) is 27.6. The molecule has 0 unspecified atom stereocenters. The van der Waals surface area contributed by atoms with Crippen LogP contribution >= 0.6 is 0 Å². The third-order valence-electron chi connectivity index (χ3n) is 4.58. The molecule has 3 heterocycles. The molecule has 1 atom stereocenters. The molecule has 0 N–H and O–H groups in total. The van der Waals surface area contributed by atoms with Gasteiger partial charge in [0, 0.05) is 70.6 Å². The first kappa shape index (κ1) is 17.4. The van der Waals surface area contributed by atoms with Gasteiger partial charge in [0.15, 0.2) is 0 Å². The molecule has 1 fully saturated rings. The quantitative estimate of drug-likeness (QED) is 0.851. The Morgan fingerprint density at radius 1 is 1.28 bits per heavy atom. The maximum atomic E-state index is 12.9. The largest absolute Gasteiger partial charge is 0.378 e. The number of hydrogen-bond acceptors (Lipinski definition) is 5. The van der Waals surface area contributed by atoms with Crippen molar-refractivity contribution in [1.29, 1.82) is 0 Å². The Balaban J connectivity index is 1.65. The highest BCUT2D eigenvalue weighted by Crippen LogP contribution is 2.17. The summed E-state index contributed by atoms with van der Waals surface area (Å²) in [5.74, 6) is 0.0113. The van der Waals surface area contributed by atoms with Crippen molar-refractivity contribution < 1.29 is 4.79 Å². The van der Waals surface area contributed by atoms with Crippen molar-refractivity contribution in [2.45, 2.75) is 19.5 Å². The van der Waals surface area contributed by atoms with Crippen molar-refractivity contribution >= 4 is 11.6 Å². The minimum Gasteiger partial charge on any atom is -0.378 e. The molecule has 0 spiro atoms. The Morgan fingerprint density at radius 2 is 2.12 bits per heavy atom. The van der Waals surface area contributed by atoms with E-state index in [9.17, 15) is 4.79 Å². The van der Waals surface area contributed by atoms with Gasteiger partial charge in [0.1, 0.15) is 5.69 Å². The molecule has 1 aliphatic heterocycles. The van der Waals surface area contributed by atoms with Gasteiger partial charge in [-0.25, -0.2) is 0 Å². The second-order valence-corrected chi connectivity index (χ2v) is 6.74. The fourth-order valence-electron chi connectivity index (χ4n) is 3.19. The molecule has 3 rings (SSSR count). The molecular formula is C19H25N5O. The van der Waals surface area contributed by atoms with Crippen LogP contribution < -0.4 is 4.90 Å². The van der Waals surface area contributed by atoms with E-state index in [0.717, 1.165) is 25.3 Å². The molecule has 1 saturated heterocycles. The Morgan fingerprint density at radius 3 is 2.80 bits per heavy atom. The third kappa shape index (κ3) is 4.14. The van der Waals surface area contributed by atoms with Gasteiger partial charge in [-0.3, -0.25) is 19.7 Å². The molecule has 6 nitrogen and oxygen atoms in total. The summed E-state index contributed by atoms with van der Waals surface area (Å²) < 4.78 is 0. The summed E-state index contributed by atoms with van der Waals surface area (Å²) in [6.07, 6.45) is 5.39. The lowest BCUT2D eigenvalue weighted by atomic mass is 10.1. The second-order valence-electron chi connectivity index (χ2n) is 6.74. The van der Waals surface area contributed by atoms with Crippen molar-refractivity contribution in [3.63, 3.8) is 0 Å². The van der Waals surface area contributed by atoms with E-state index in [1.165, 1.54) is 5.56 Å². The van der Waals surface area contributed by atoms with Gasteiger partial charge >= 0.3 is 0 Å². The van der Waals surface area contributed by atoms with Crippen molar-refractivity contribution in [2.75, 3.05) is 38.6 Å². The summed E-state index contributed by atoms with van der Waals surface area (Å²) >= 11 is 0. The number of nitrogens with zero attached hydrogens (tertiary/aromatic N) is 5. The van der Waals surface area contributed by atoms with Crippen LogP contribution in [0, 0.1) is 0 Å². The summed E-state index contributed by atoms with van der Waals surface area (Å²) in [5, 5.41) is 0. The molecular weight excluding hydrogens is 314 g/mol. The maximum Gasteiger partial charge on any atom is 0.272 e. The lowest BCUT2D eigenvalue weighted by molar-refractivity contribution is 0.0470. The van der Waals surface area contributed by atoms with Gasteiger partial charge in [-0.15, -0.1) is 0 Å². The van der Waals surface area contributed by atoms with E-state index in [1.54, 1.807) is 12.4 Å². The van der Waals surface area contributed by atoms with E-state index >= 15 is 0 Å². The van der Waals surface area contributed by atoms with Crippen molar-refractivity contribution in [2.24, 2.45) is 0 Å². The number of hydrogen-bond donors (Lipinski definition) is 0. The Labute approximate surface area is 149 Å². The molecule has 132 valence electrons. The number of rotatable bonds is 4. The van der Waals surface area contributed by atoms with Crippen LogP contribution in [0.2, 0.25) is 0 Å². The summed E-state index contributed by atoms with van der Waals surface area (Å²) in [6, 6.07) is 7.97. The van der Waals surface area contributed by atoms with E-state index in [4.69, 9.17) is 0 Å². The molecule has 0 saturated carbocycles. The molecule has 0 aliphatic carbocycles. The second kappa shape index (κ2) is 7.61. The molecule has 0 aromatic carbocycles. The SMILES string of the molecule is C[C@H]1CN(Cc2cccnc2)CCN1C(=O)c1cc(N(C)C)ccn1. The lowest BCUT2D eigenvalue weighted by Crippen LogP contribution is -2.53. The Hall–Kier alpha value is -2.47. The van der Waals surface area contributed by atoms with E-state index in [0.29, 0.717) is 12.2 Å². The molecule has 25 heavy (non-hydrogen) atoms. The van der Waals surface area contributed by atoms with Gasteiger partial charge in [-0.2, -0.15) is 0 Å². The van der Waals surface area contributed by atoms with E-state index in [2.05, 4.69) is 27.9 Å². The number of piperazine rings is 1. The zero-order chi connectivity index (χ0) is 17.8. The minimum absolute atomic E-state index is 0.0113. The third-order valence-corrected chi connectivity index (χ3v) is 4.58. The van der Waals surface area contributed by atoms with Crippen LogP contribution in [0.15, 0.2) is 42.9 Å². The highest BCUT2D eigenvalue weighted by atomic mass is 16.2. The van der Waals surface area contributed by atoms with Gasteiger partial charge in [0.05, 0.1) is 0 Å². The van der Waals surface area contributed by atoms with Gasteiger partial charge in [-0.1, -0.05) is 6.07 Å². The summed E-state index contributed by atoms with van der Waals surface area (Å²) in [6.45, 7) is 5.40. The molecule has 0 bridgehead atoms. The fraction of sp³-hybridized carbons (Fsp3) is 0.421. The first-order chi connectivity index (χ1) is 12.0. The van der Waals surface area contributed by atoms with Crippen LogP contribution in [0.4, 0.5) is 5.69 Å². The molecule has 6 heteroatoms. The van der Waals surface area contributed by atoms with Gasteiger partial charge in [-0.05, 0) is 30.7 Å². The normalized spacial score (nSPS) is 18.2. The number of carbonyl (C=O) groups is 1. The zero-order valence-electron chi connectivity index (χ0n) is 15.1. The average molecular weight is 339 g/mol. The van der Waals surface area contributed by atoms with Crippen molar-refractivity contribution in [3.8, 4) is 0 Å². The molecule has 1 aliphatic rings. The van der Waals surface area contributed by atoms with Crippen LogP contribution in [0.1, 0.15) is 23.0 Å². The maximum absolute atomic E-state index is 12.9. The van der Waals surface area contributed by atoms with Crippen LogP contribution in [0.3, 0.4) is 0 Å². The van der Waals surface area contributed by atoms with E-state index in [-0.39, 0.29) is 11.9 Å². The molecule has 0 radical (unpaired) electrons. The smallest absolute Gasteiger partial charge is 0.272 e. The fourth-order valence-corrected chi connectivity index (χ4v) is 3.19. The predicted molar refractivity (Wildman–Crippen MR) is 98.6 cm³/mol. The first-order valence-electron chi connectivity index (χ1n) is 8.60. The highest BCUT2D eigenvalue weighted by Gasteiger charge is 2.28. The molecule has 2 aromatic heterocycles. The first-order valence-corrected chi connectivity index (χ1v) is 8.60. The van der Waals surface area contributed by atoms with Gasteiger partial charge in [0.25, 0.3) is 5.91 Å². The topological polar surface area (TPSA) is 52.6 Å². The number of amides is 1. The van der Waals surface area contributed by atoms with Gasteiger partial charge in [0.2, 0.25) is 0 Å². The van der Waals surface area contributed by atoms with Crippen LogP contribution in [-0.4, -0.2) is 65.4 Å². The highest BCUT2D eigenvalue weighted by molar-refractivity contribution is 5.93. The van der Waals surface area contributed by atoms with E-state index < -0.39 is 0 Å².